The predicted octanol–water partition coefficient (Wildman–Crippen LogP) is 4.24. The van der Waals surface area contributed by atoms with Gasteiger partial charge >= 0.3 is 6.18 Å². The van der Waals surface area contributed by atoms with Crippen LogP contribution in [0.1, 0.15) is 48.5 Å². The maximum absolute atomic E-state index is 12.5. The number of carbonyl (C=O) groups excluding carboxylic acids is 1. The van der Waals surface area contributed by atoms with Gasteiger partial charge in [-0.15, -0.1) is 0 Å². The largest absolute Gasteiger partial charge is 0.416 e. The predicted molar refractivity (Wildman–Crippen MR) is 68.6 cm³/mol. The Hall–Kier alpha value is -1.36. The lowest BCUT2D eigenvalue weighted by molar-refractivity contribution is -0.137. The summed E-state index contributed by atoms with van der Waals surface area (Å²) in [6.45, 7) is 2.24. The topological polar surface area (TPSA) is 26.3 Å². The van der Waals surface area contributed by atoms with Crippen LogP contribution >= 0.6 is 0 Å². The monoisotopic (exact) mass is 286 g/mol. The molecular formula is C15H17F3O2. The highest BCUT2D eigenvalue weighted by Gasteiger charge is 2.42. The van der Waals surface area contributed by atoms with Crippen LogP contribution in [0, 0.1) is 0 Å². The molecule has 20 heavy (non-hydrogen) atoms. The van der Waals surface area contributed by atoms with E-state index >= 15 is 0 Å². The Labute approximate surface area is 115 Å². The molecule has 1 fully saturated rings. The number of carbonyl (C=O) groups is 1. The van der Waals surface area contributed by atoms with Crippen LogP contribution < -0.4 is 0 Å². The molecule has 0 aromatic heterocycles. The Morgan fingerprint density at radius 3 is 2.20 bits per heavy atom. The third kappa shape index (κ3) is 2.87. The van der Waals surface area contributed by atoms with Gasteiger partial charge in [0.05, 0.1) is 5.56 Å². The third-order valence-corrected chi connectivity index (χ3v) is 3.72. The molecule has 1 aromatic rings. The highest BCUT2D eigenvalue weighted by molar-refractivity contribution is 6.02. The Bertz CT molecular complexity index is 471. The van der Waals surface area contributed by atoms with Crippen molar-refractivity contribution in [3.05, 3.63) is 35.4 Å². The van der Waals surface area contributed by atoms with E-state index in [0.29, 0.717) is 19.4 Å². The smallest absolute Gasteiger partial charge is 0.367 e. The molecule has 0 bridgehead atoms. The fraction of sp³-hybridized carbons (Fsp3) is 0.533. The van der Waals surface area contributed by atoms with Crippen molar-refractivity contribution >= 4 is 5.78 Å². The number of hydrogen-bond acceptors (Lipinski definition) is 2. The zero-order chi connectivity index (χ0) is 14.8. The van der Waals surface area contributed by atoms with Crippen LogP contribution in [0.3, 0.4) is 0 Å². The molecule has 0 saturated heterocycles. The van der Waals surface area contributed by atoms with Crippen molar-refractivity contribution in [2.24, 2.45) is 0 Å². The number of ether oxygens (including phenoxy) is 1. The summed E-state index contributed by atoms with van der Waals surface area (Å²) in [6, 6.07) is 4.37. The lowest BCUT2D eigenvalue weighted by Gasteiger charge is -2.27. The number of ketones is 1. The van der Waals surface area contributed by atoms with E-state index in [1.807, 2.05) is 6.92 Å². The second kappa shape index (κ2) is 5.56. The summed E-state index contributed by atoms with van der Waals surface area (Å²) in [4.78, 5) is 12.5. The number of hydrogen-bond donors (Lipinski definition) is 0. The minimum absolute atomic E-state index is 0.203. The molecule has 2 nitrogen and oxygen atoms in total. The van der Waals surface area contributed by atoms with Gasteiger partial charge in [0.2, 0.25) is 0 Å². The molecule has 5 heteroatoms. The first-order chi connectivity index (χ1) is 9.39. The van der Waals surface area contributed by atoms with Crippen LogP contribution in [0.2, 0.25) is 0 Å². The summed E-state index contributed by atoms with van der Waals surface area (Å²) in [5, 5.41) is 0. The SMILES string of the molecule is CCOC1(C(=O)c2ccc(C(F)(F)F)cc2)CCCC1. The number of halogens is 3. The quantitative estimate of drug-likeness (QED) is 0.774. The second-order valence-electron chi connectivity index (χ2n) is 5.04. The summed E-state index contributed by atoms with van der Waals surface area (Å²) in [7, 11) is 0. The van der Waals surface area contributed by atoms with Gasteiger partial charge < -0.3 is 4.74 Å². The fourth-order valence-corrected chi connectivity index (χ4v) is 2.73. The Kier molecular flexibility index (Phi) is 4.18. The molecule has 0 spiro atoms. The molecular weight excluding hydrogens is 269 g/mol. The molecule has 1 aromatic carbocycles. The van der Waals surface area contributed by atoms with Crippen molar-refractivity contribution in [2.75, 3.05) is 6.61 Å². The minimum atomic E-state index is -4.38. The number of alkyl halides is 3. The number of Topliss-reactive ketones (excluding diaryl/α,β-unsaturated/α-hetero) is 1. The molecule has 1 aliphatic carbocycles. The number of benzene rings is 1. The van der Waals surface area contributed by atoms with E-state index in [1.165, 1.54) is 12.1 Å². The highest BCUT2D eigenvalue weighted by atomic mass is 19.4. The molecule has 0 N–H and O–H groups in total. The molecule has 0 amide bonds. The third-order valence-electron chi connectivity index (χ3n) is 3.72. The normalized spacial score (nSPS) is 18.2. The Morgan fingerprint density at radius 2 is 1.75 bits per heavy atom. The molecule has 2 rings (SSSR count). The maximum Gasteiger partial charge on any atom is 0.416 e. The van der Waals surface area contributed by atoms with Gasteiger partial charge in [0.1, 0.15) is 5.60 Å². The lowest BCUT2D eigenvalue weighted by Crippen LogP contribution is -2.39. The Morgan fingerprint density at radius 1 is 1.20 bits per heavy atom. The highest BCUT2D eigenvalue weighted by Crippen LogP contribution is 2.37. The van der Waals surface area contributed by atoms with E-state index in [0.717, 1.165) is 25.0 Å². The summed E-state index contributed by atoms with van der Waals surface area (Å²) < 4.78 is 43.2. The van der Waals surface area contributed by atoms with Crippen molar-refractivity contribution in [2.45, 2.75) is 44.4 Å². The van der Waals surface area contributed by atoms with E-state index < -0.39 is 17.3 Å². The molecule has 0 unspecified atom stereocenters. The Balaban J connectivity index is 2.24. The second-order valence-corrected chi connectivity index (χ2v) is 5.04. The van der Waals surface area contributed by atoms with Crippen LogP contribution in [-0.4, -0.2) is 18.0 Å². The van der Waals surface area contributed by atoms with Gasteiger partial charge in [0.25, 0.3) is 0 Å². The maximum atomic E-state index is 12.5. The summed E-state index contributed by atoms with van der Waals surface area (Å²) in [6.07, 6.45) is -1.29. The van der Waals surface area contributed by atoms with Crippen LogP contribution in [0.5, 0.6) is 0 Å². The van der Waals surface area contributed by atoms with Gasteiger partial charge in [-0.1, -0.05) is 12.1 Å². The van der Waals surface area contributed by atoms with Crippen LogP contribution in [0.15, 0.2) is 24.3 Å². The molecule has 1 aliphatic rings. The average molecular weight is 286 g/mol. The van der Waals surface area contributed by atoms with E-state index in [4.69, 9.17) is 4.74 Å². The van der Waals surface area contributed by atoms with Gasteiger partial charge in [0, 0.05) is 12.2 Å². The fourth-order valence-electron chi connectivity index (χ4n) is 2.73. The van der Waals surface area contributed by atoms with Gasteiger partial charge in [0.15, 0.2) is 5.78 Å². The van der Waals surface area contributed by atoms with E-state index in [2.05, 4.69) is 0 Å². The van der Waals surface area contributed by atoms with Crippen LogP contribution in [0.4, 0.5) is 13.2 Å². The zero-order valence-electron chi connectivity index (χ0n) is 11.3. The van der Waals surface area contributed by atoms with E-state index in [9.17, 15) is 18.0 Å². The average Bonchev–Trinajstić information content (AvgIpc) is 2.87. The van der Waals surface area contributed by atoms with E-state index in [-0.39, 0.29) is 11.3 Å². The first kappa shape index (κ1) is 15.0. The first-order valence-corrected chi connectivity index (χ1v) is 6.75. The van der Waals surface area contributed by atoms with Crippen molar-refractivity contribution in [3.8, 4) is 0 Å². The van der Waals surface area contributed by atoms with Crippen molar-refractivity contribution in [1.29, 1.82) is 0 Å². The van der Waals surface area contributed by atoms with E-state index in [1.54, 1.807) is 0 Å². The van der Waals surface area contributed by atoms with Crippen molar-refractivity contribution in [3.63, 3.8) is 0 Å². The number of rotatable bonds is 4. The van der Waals surface area contributed by atoms with Gasteiger partial charge in [-0.3, -0.25) is 4.79 Å². The summed E-state index contributed by atoms with van der Waals surface area (Å²) in [5.74, 6) is -0.203. The standard InChI is InChI=1S/C15H17F3O2/c1-2-20-14(9-3-4-10-14)13(19)11-5-7-12(8-6-11)15(16,17)18/h5-8H,2-4,9-10H2,1H3. The first-order valence-electron chi connectivity index (χ1n) is 6.75. The van der Waals surface area contributed by atoms with Crippen molar-refractivity contribution in [1.82, 2.24) is 0 Å². The molecule has 0 heterocycles. The van der Waals surface area contributed by atoms with Crippen molar-refractivity contribution < 1.29 is 22.7 Å². The minimum Gasteiger partial charge on any atom is -0.367 e. The molecule has 1 saturated carbocycles. The molecule has 0 radical (unpaired) electrons. The molecule has 0 atom stereocenters. The zero-order valence-corrected chi connectivity index (χ0v) is 11.3. The molecule has 0 aliphatic heterocycles. The van der Waals surface area contributed by atoms with Gasteiger partial charge in [-0.05, 0) is 44.7 Å². The molecule has 110 valence electrons. The summed E-state index contributed by atoms with van der Waals surface area (Å²) in [5.41, 5.74) is -1.30. The summed E-state index contributed by atoms with van der Waals surface area (Å²) >= 11 is 0. The lowest BCUT2D eigenvalue weighted by atomic mass is 9.90. The van der Waals surface area contributed by atoms with Gasteiger partial charge in [-0.2, -0.15) is 13.2 Å². The van der Waals surface area contributed by atoms with Crippen LogP contribution in [0.25, 0.3) is 0 Å². The van der Waals surface area contributed by atoms with Gasteiger partial charge in [-0.25, -0.2) is 0 Å². The van der Waals surface area contributed by atoms with Crippen LogP contribution in [-0.2, 0) is 10.9 Å².